The van der Waals surface area contributed by atoms with E-state index in [1.165, 1.54) is 5.56 Å². The van der Waals surface area contributed by atoms with Crippen molar-refractivity contribution in [1.29, 1.82) is 0 Å². The summed E-state index contributed by atoms with van der Waals surface area (Å²) in [7, 11) is 0. The molecule has 84 valence electrons. The minimum atomic E-state index is -0.0691. The molecule has 1 atom stereocenters. The third-order valence-corrected chi connectivity index (χ3v) is 3.53. The van der Waals surface area contributed by atoms with Crippen LogP contribution in [0.4, 0.5) is 0 Å². The van der Waals surface area contributed by atoms with Crippen molar-refractivity contribution in [2.45, 2.75) is 18.7 Å². The summed E-state index contributed by atoms with van der Waals surface area (Å²) in [5, 5.41) is -0.0691. The molecule has 2 rings (SSSR count). The van der Waals surface area contributed by atoms with Crippen molar-refractivity contribution in [1.82, 2.24) is 9.97 Å². The molecular formula is C12H12BrClN2. The smallest absolute Gasteiger partial charge is 0.107 e. The van der Waals surface area contributed by atoms with Gasteiger partial charge >= 0.3 is 0 Å². The Kier molecular flexibility index (Phi) is 3.66. The molecule has 16 heavy (non-hydrogen) atoms. The summed E-state index contributed by atoms with van der Waals surface area (Å²) in [6.07, 6.45) is 4.26. The molecular weight excluding hydrogens is 288 g/mol. The number of aryl methyl sites for hydroxylation is 1. The van der Waals surface area contributed by atoms with Gasteiger partial charge in [0.1, 0.15) is 5.82 Å². The fourth-order valence-corrected chi connectivity index (χ4v) is 2.57. The molecule has 2 nitrogen and oxygen atoms in total. The van der Waals surface area contributed by atoms with Gasteiger partial charge in [0.15, 0.2) is 0 Å². The van der Waals surface area contributed by atoms with E-state index < -0.39 is 0 Å². The number of benzene rings is 1. The highest BCUT2D eigenvalue weighted by Gasteiger charge is 2.13. The van der Waals surface area contributed by atoms with Crippen LogP contribution in [0, 0.1) is 6.92 Å². The minimum Gasteiger partial charge on any atom is -0.349 e. The lowest BCUT2D eigenvalue weighted by atomic mass is 10.1. The van der Waals surface area contributed by atoms with Gasteiger partial charge in [0.25, 0.3) is 0 Å². The average molecular weight is 300 g/mol. The first-order chi connectivity index (χ1) is 7.66. The van der Waals surface area contributed by atoms with E-state index in [-0.39, 0.29) is 5.38 Å². The summed E-state index contributed by atoms with van der Waals surface area (Å²) in [5.74, 6) is 0.911. The number of rotatable bonds is 3. The van der Waals surface area contributed by atoms with Crippen LogP contribution in [0.5, 0.6) is 0 Å². The van der Waals surface area contributed by atoms with Gasteiger partial charge < -0.3 is 4.98 Å². The lowest BCUT2D eigenvalue weighted by molar-refractivity contribution is 0.850. The second-order valence-corrected chi connectivity index (χ2v) is 5.11. The monoisotopic (exact) mass is 298 g/mol. The number of aromatic nitrogens is 2. The Morgan fingerprint density at radius 3 is 3.00 bits per heavy atom. The molecule has 4 heteroatoms. The molecule has 0 saturated carbocycles. The van der Waals surface area contributed by atoms with Crippen molar-refractivity contribution in [3.63, 3.8) is 0 Å². The van der Waals surface area contributed by atoms with Crippen LogP contribution in [0.15, 0.2) is 35.1 Å². The number of hydrogen-bond acceptors (Lipinski definition) is 1. The van der Waals surface area contributed by atoms with Gasteiger partial charge in [-0.2, -0.15) is 0 Å². The maximum atomic E-state index is 6.38. The number of nitrogens with one attached hydrogen (secondary N) is 1. The van der Waals surface area contributed by atoms with Gasteiger partial charge in [0.2, 0.25) is 0 Å². The number of aromatic amines is 1. The largest absolute Gasteiger partial charge is 0.349 e. The maximum absolute atomic E-state index is 6.38. The van der Waals surface area contributed by atoms with E-state index >= 15 is 0 Å². The molecule has 1 heterocycles. The highest BCUT2D eigenvalue weighted by atomic mass is 79.9. The molecule has 0 aliphatic carbocycles. The summed E-state index contributed by atoms with van der Waals surface area (Å²) >= 11 is 9.90. The molecule has 0 spiro atoms. The van der Waals surface area contributed by atoms with Gasteiger partial charge in [-0.3, -0.25) is 0 Å². The van der Waals surface area contributed by atoms with Crippen LogP contribution >= 0.6 is 27.5 Å². The molecule has 0 aliphatic heterocycles. The number of H-pyrrole nitrogens is 1. The van der Waals surface area contributed by atoms with E-state index in [9.17, 15) is 0 Å². The average Bonchev–Trinajstić information content (AvgIpc) is 2.74. The van der Waals surface area contributed by atoms with Gasteiger partial charge in [-0.25, -0.2) is 4.98 Å². The Labute approximate surface area is 108 Å². The van der Waals surface area contributed by atoms with Crippen LogP contribution in [-0.4, -0.2) is 9.97 Å². The van der Waals surface area contributed by atoms with E-state index in [0.717, 1.165) is 15.9 Å². The zero-order valence-corrected chi connectivity index (χ0v) is 11.2. The van der Waals surface area contributed by atoms with Crippen LogP contribution in [0.2, 0.25) is 0 Å². The van der Waals surface area contributed by atoms with Crippen molar-refractivity contribution < 1.29 is 0 Å². The predicted octanol–water partition coefficient (Wildman–Crippen LogP) is 4.00. The molecule has 1 unspecified atom stereocenters. The van der Waals surface area contributed by atoms with E-state index in [2.05, 4.69) is 45.0 Å². The third kappa shape index (κ3) is 2.66. The zero-order valence-electron chi connectivity index (χ0n) is 8.87. The standard InChI is InChI=1S/C12H12BrClN2/c1-8-2-3-10(13)9(6-8)11(14)7-12-15-4-5-16-12/h2-6,11H,7H2,1H3,(H,15,16). The molecule has 1 aromatic heterocycles. The van der Waals surface area contributed by atoms with Crippen LogP contribution in [-0.2, 0) is 6.42 Å². The van der Waals surface area contributed by atoms with Crippen LogP contribution in [0.1, 0.15) is 22.3 Å². The molecule has 1 N–H and O–H groups in total. The lowest BCUT2D eigenvalue weighted by Crippen LogP contribution is -1.99. The van der Waals surface area contributed by atoms with Crippen LogP contribution in [0.25, 0.3) is 0 Å². The number of imidazole rings is 1. The summed E-state index contributed by atoms with van der Waals surface area (Å²) < 4.78 is 1.05. The predicted molar refractivity (Wildman–Crippen MR) is 69.8 cm³/mol. The van der Waals surface area contributed by atoms with Crippen molar-refractivity contribution in [2.24, 2.45) is 0 Å². The second kappa shape index (κ2) is 5.02. The topological polar surface area (TPSA) is 28.7 Å². The van der Waals surface area contributed by atoms with E-state index in [4.69, 9.17) is 11.6 Å². The Morgan fingerprint density at radius 2 is 2.31 bits per heavy atom. The van der Waals surface area contributed by atoms with E-state index in [1.54, 1.807) is 6.20 Å². The van der Waals surface area contributed by atoms with E-state index in [1.807, 2.05) is 12.3 Å². The quantitative estimate of drug-likeness (QED) is 0.853. The summed E-state index contributed by atoms with van der Waals surface area (Å²) in [6.45, 7) is 2.06. The van der Waals surface area contributed by atoms with Gasteiger partial charge in [-0.1, -0.05) is 33.6 Å². The summed E-state index contributed by atoms with van der Waals surface area (Å²) in [4.78, 5) is 7.24. The summed E-state index contributed by atoms with van der Waals surface area (Å²) in [6, 6.07) is 6.19. The molecule has 1 aromatic carbocycles. The maximum Gasteiger partial charge on any atom is 0.107 e. The van der Waals surface area contributed by atoms with Crippen LogP contribution in [0.3, 0.4) is 0 Å². The summed E-state index contributed by atoms with van der Waals surface area (Å²) in [5.41, 5.74) is 2.32. The first-order valence-corrected chi connectivity index (χ1v) is 6.28. The SMILES string of the molecule is Cc1ccc(Br)c(C(Cl)Cc2ncc[nH]2)c1. The highest BCUT2D eigenvalue weighted by Crippen LogP contribution is 2.30. The molecule has 0 bridgehead atoms. The fraction of sp³-hybridized carbons (Fsp3) is 0.250. The Bertz CT molecular complexity index is 468. The normalized spacial score (nSPS) is 12.7. The second-order valence-electron chi connectivity index (χ2n) is 3.73. The van der Waals surface area contributed by atoms with Gasteiger partial charge in [0, 0.05) is 23.3 Å². The molecule has 0 aliphatic rings. The van der Waals surface area contributed by atoms with Crippen molar-refractivity contribution in [3.8, 4) is 0 Å². The van der Waals surface area contributed by atoms with Gasteiger partial charge in [-0.05, 0) is 18.6 Å². The molecule has 0 fully saturated rings. The number of nitrogens with zero attached hydrogens (tertiary/aromatic N) is 1. The van der Waals surface area contributed by atoms with Crippen molar-refractivity contribution in [2.75, 3.05) is 0 Å². The minimum absolute atomic E-state index is 0.0691. The van der Waals surface area contributed by atoms with Crippen molar-refractivity contribution in [3.05, 3.63) is 52.0 Å². The van der Waals surface area contributed by atoms with Gasteiger partial charge in [-0.15, -0.1) is 11.6 Å². The number of halogens is 2. The van der Waals surface area contributed by atoms with Gasteiger partial charge in [0.05, 0.1) is 5.38 Å². The first-order valence-electron chi connectivity index (χ1n) is 5.05. The molecule has 0 amide bonds. The third-order valence-electron chi connectivity index (χ3n) is 2.42. The Hall–Kier alpha value is -0.800. The first kappa shape index (κ1) is 11.7. The number of hydrogen-bond donors (Lipinski definition) is 1. The Morgan fingerprint density at radius 1 is 1.50 bits per heavy atom. The molecule has 0 saturated heterocycles. The lowest BCUT2D eigenvalue weighted by Gasteiger charge is -2.11. The highest BCUT2D eigenvalue weighted by molar-refractivity contribution is 9.10. The van der Waals surface area contributed by atoms with Crippen molar-refractivity contribution >= 4 is 27.5 Å². The Balaban J connectivity index is 2.20. The van der Waals surface area contributed by atoms with E-state index in [0.29, 0.717) is 6.42 Å². The molecule has 2 aromatic rings. The fourth-order valence-electron chi connectivity index (χ4n) is 1.59. The molecule has 0 radical (unpaired) electrons. The zero-order chi connectivity index (χ0) is 11.5. The number of alkyl halides is 1. The van der Waals surface area contributed by atoms with Crippen LogP contribution < -0.4 is 0 Å².